The average molecular weight is 291 g/mol. The van der Waals surface area contributed by atoms with Gasteiger partial charge in [0, 0.05) is 26.2 Å². The van der Waals surface area contributed by atoms with Crippen LogP contribution in [0.5, 0.6) is 0 Å². The summed E-state index contributed by atoms with van der Waals surface area (Å²) in [6, 6.07) is 0. The minimum Gasteiger partial charge on any atom is -0.375 e. The number of ether oxygens (including phenoxy) is 1. The lowest BCUT2D eigenvalue weighted by Gasteiger charge is -2.35. The topological polar surface area (TPSA) is 41.6 Å². The summed E-state index contributed by atoms with van der Waals surface area (Å²) in [5.41, 5.74) is 0. The van der Waals surface area contributed by atoms with Gasteiger partial charge in [-0.1, -0.05) is 13.8 Å². The predicted octanol–water partition coefficient (Wildman–Crippen LogP) is 1.68. The summed E-state index contributed by atoms with van der Waals surface area (Å²) in [6.45, 7) is 8.88. The third-order valence-corrected chi connectivity index (χ3v) is 4.24. The van der Waals surface area contributed by atoms with E-state index in [-0.39, 0.29) is 24.4 Å². The van der Waals surface area contributed by atoms with E-state index >= 15 is 0 Å². The highest BCUT2D eigenvalue weighted by Crippen LogP contribution is 2.24. The van der Waals surface area contributed by atoms with Crippen molar-refractivity contribution in [1.82, 2.24) is 10.2 Å². The lowest BCUT2D eigenvalue weighted by atomic mass is 9.86. The fourth-order valence-corrected chi connectivity index (χ4v) is 2.89. The van der Waals surface area contributed by atoms with Crippen molar-refractivity contribution in [3.8, 4) is 0 Å². The fraction of sp³-hybridized carbons (Fsp3) is 0.929. The first-order valence-electron chi connectivity index (χ1n) is 7.27. The van der Waals surface area contributed by atoms with Crippen molar-refractivity contribution in [2.24, 2.45) is 11.8 Å². The molecule has 5 heteroatoms. The number of carbonyl (C=O) groups excluding carboxylic acids is 1. The molecule has 1 amide bonds. The van der Waals surface area contributed by atoms with Crippen LogP contribution in [-0.4, -0.2) is 49.7 Å². The first-order valence-corrected chi connectivity index (χ1v) is 7.27. The zero-order chi connectivity index (χ0) is 13.0. The van der Waals surface area contributed by atoms with Crippen molar-refractivity contribution in [1.29, 1.82) is 0 Å². The largest absolute Gasteiger partial charge is 0.375 e. The van der Waals surface area contributed by atoms with Gasteiger partial charge in [0.25, 0.3) is 0 Å². The van der Waals surface area contributed by atoms with Crippen molar-refractivity contribution >= 4 is 18.3 Å². The monoisotopic (exact) mass is 290 g/mol. The lowest BCUT2D eigenvalue weighted by Crippen LogP contribution is -2.44. The molecule has 0 aromatic carbocycles. The summed E-state index contributed by atoms with van der Waals surface area (Å²) in [6.07, 6.45) is 2.94. The van der Waals surface area contributed by atoms with Crippen molar-refractivity contribution in [2.75, 3.05) is 32.8 Å². The predicted molar refractivity (Wildman–Crippen MR) is 78.6 cm³/mol. The Bertz CT molecular complexity index is 273. The SMILES string of the molecule is CC(C)C1CCN(C(=O)CC2CNCCO2)CC1.Cl. The van der Waals surface area contributed by atoms with Gasteiger partial charge in [-0.2, -0.15) is 0 Å². The van der Waals surface area contributed by atoms with Gasteiger partial charge in [0.05, 0.1) is 19.1 Å². The van der Waals surface area contributed by atoms with E-state index in [0.717, 1.165) is 57.5 Å². The van der Waals surface area contributed by atoms with E-state index in [4.69, 9.17) is 4.74 Å². The van der Waals surface area contributed by atoms with Crippen LogP contribution in [0.25, 0.3) is 0 Å². The van der Waals surface area contributed by atoms with Crippen LogP contribution in [-0.2, 0) is 9.53 Å². The standard InChI is InChI=1S/C14H26N2O2.ClH/c1-11(2)12-3-6-16(7-4-12)14(17)9-13-10-15-5-8-18-13;/h11-13,15H,3-10H2,1-2H3;1H. The van der Waals surface area contributed by atoms with E-state index < -0.39 is 0 Å². The normalized spacial score (nSPS) is 25.2. The Morgan fingerprint density at radius 1 is 1.37 bits per heavy atom. The van der Waals surface area contributed by atoms with E-state index in [9.17, 15) is 4.79 Å². The maximum absolute atomic E-state index is 12.2. The van der Waals surface area contributed by atoms with Crippen molar-refractivity contribution < 1.29 is 9.53 Å². The van der Waals surface area contributed by atoms with Gasteiger partial charge in [-0.15, -0.1) is 12.4 Å². The summed E-state index contributed by atoms with van der Waals surface area (Å²) in [7, 11) is 0. The molecule has 2 saturated heterocycles. The number of carbonyl (C=O) groups is 1. The molecule has 2 fully saturated rings. The molecular formula is C14H27ClN2O2. The number of likely N-dealkylation sites (tertiary alicyclic amines) is 1. The Balaban J connectivity index is 0.00000180. The van der Waals surface area contributed by atoms with E-state index in [1.54, 1.807) is 0 Å². The highest BCUT2D eigenvalue weighted by atomic mass is 35.5. The summed E-state index contributed by atoms with van der Waals surface area (Å²) in [5.74, 6) is 1.81. The maximum atomic E-state index is 12.2. The molecule has 4 nitrogen and oxygen atoms in total. The molecule has 0 saturated carbocycles. The van der Waals surface area contributed by atoms with E-state index in [1.165, 1.54) is 0 Å². The zero-order valence-corrected chi connectivity index (χ0v) is 12.9. The second kappa shape index (κ2) is 8.08. The molecule has 0 aromatic heterocycles. The molecule has 0 aromatic rings. The number of nitrogens with one attached hydrogen (secondary N) is 1. The quantitative estimate of drug-likeness (QED) is 0.860. The molecule has 1 atom stereocenters. The van der Waals surface area contributed by atoms with Crippen LogP contribution in [0.15, 0.2) is 0 Å². The molecule has 0 spiro atoms. The number of hydrogen-bond acceptors (Lipinski definition) is 3. The Hall–Kier alpha value is -0.320. The first-order chi connectivity index (χ1) is 8.66. The van der Waals surface area contributed by atoms with Gasteiger partial charge >= 0.3 is 0 Å². The first kappa shape index (κ1) is 16.7. The molecule has 0 radical (unpaired) electrons. The van der Waals surface area contributed by atoms with E-state index in [2.05, 4.69) is 19.2 Å². The fourth-order valence-electron chi connectivity index (χ4n) is 2.89. The molecule has 1 N–H and O–H groups in total. The average Bonchev–Trinajstić information content (AvgIpc) is 2.40. The second-order valence-electron chi connectivity index (χ2n) is 5.86. The highest BCUT2D eigenvalue weighted by Gasteiger charge is 2.26. The van der Waals surface area contributed by atoms with Gasteiger partial charge in [-0.3, -0.25) is 4.79 Å². The molecule has 2 rings (SSSR count). The van der Waals surface area contributed by atoms with Gasteiger partial charge in [0.1, 0.15) is 0 Å². The van der Waals surface area contributed by atoms with Gasteiger partial charge in [-0.05, 0) is 24.7 Å². The molecule has 0 bridgehead atoms. The summed E-state index contributed by atoms with van der Waals surface area (Å²) in [4.78, 5) is 14.2. The van der Waals surface area contributed by atoms with Crippen LogP contribution in [0.4, 0.5) is 0 Å². The smallest absolute Gasteiger partial charge is 0.225 e. The summed E-state index contributed by atoms with van der Waals surface area (Å²) in [5, 5.41) is 3.27. The highest BCUT2D eigenvalue weighted by molar-refractivity contribution is 5.85. The van der Waals surface area contributed by atoms with Crippen LogP contribution >= 0.6 is 12.4 Å². The van der Waals surface area contributed by atoms with Crippen LogP contribution in [0.1, 0.15) is 33.1 Å². The third kappa shape index (κ3) is 4.93. The van der Waals surface area contributed by atoms with Crippen molar-refractivity contribution in [3.63, 3.8) is 0 Å². The Kier molecular flexibility index (Phi) is 7.11. The molecule has 2 aliphatic heterocycles. The number of piperidine rings is 1. The molecule has 1 unspecified atom stereocenters. The Morgan fingerprint density at radius 3 is 2.58 bits per heavy atom. The Morgan fingerprint density at radius 2 is 2.05 bits per heavy atom. The van der Waals surface area contributed by atoms with E-state index in [1.807, 2.05) is 4.90 Å². The van der Waals surface area contributed by atoms with E-state index in [0.29, 0.717) is 6.42 Å². The number of nitrogens with zero attached hydrogens (tertiary/aromatic N) is 1. The lowest BCUT2D eigenvalue weighted by molar-refractivity contribution is -0.136. The number of halogens is 1. The minimum absolute atomic E-state index is 0. The second-order valence-corrected chi connectivity index (χ2v) is 5.86. The summed E-state index contributed by atoms with van der Waals surface area (Å²) < 4.78 is 5.59. The van der Waals surface area contributed by atoms with Crippen LogP contribution in [0.2, 0.25) is 0 Å². The molecular weight excluding hydrogens is 264 g/mol. The van der Waals surface area contributed by atoms with Gasteiger partial charge in [0.2, 0.25) is 5.91 Å². The molecule has 112 valence electrons. The number of morpholine rings is 1. The van der Waals surface area contributed by atoms with Gasteiger partial charge in [-0.25, -0.2) is 0 Å². The Labute approximate surface area is 122 Å². The number of hydrogen-bond donors (Lipinski definition) is 1. The van der Waals surface area contributed by atoms with Crippen molar-refractivity contribution in [2.45, 2.75) is 39.2 Å². The zero-order valence-electron chi connectivity index (χ0n) is 12.1. The van der Waals surface area contributed by atoms with Crippen LogP contribution in [0, 0.1) is 11.8 Å². The van der Waals surface area contributed by atoms with Crippen LogP contribution < -0.4 is 5.32 Å². The van der Waals surface area contributed by atoms with Crippen molar-refractivity contribution in [3.05, 3.63) is 0 Å². The third-order valence-electron chi connectivity index (χ3n) is 4.24. The van der Waals surface area contributed by atoms with Gasteiger partial charge in [0.15, 0.2) is 0 Å². The molecule has 19 heavy (non-hydrogen) atoms. The minimum atomic E-state index is 0. The molecule has 0 aliphatic carbocycles. The summed E-state index contributed by atoms with van der Waals surface area (Å²) >= 11 is 0. The van der Waals surface area contributed by atoms with Gasteiger partial charge < -0.3 is 15.0 Å². The molecule has 2 aliphatic rings. The maximum Gasteiger partial charge on any atom is 0.225 e. The van der Waals surface area contributed by atoms with Crippen LogP contribution in [0.3, 0.4) is 0 Å². The number of amides is 1. The number of rotatable bonds is 3. The molecule has 2 heterocycles.